The first kappa shape index (κ1) is 35.5. The lowest BCUT2D eigenvalue weighted by atomic mass is 10.0. The summed E-state index contributed by atoms with van der Waals surface area (Å²) in [5, 5.41) is 0.892. The molecule has 0 bridgehead atoms. The number of fused-ring (bicyclic) bond motifs is 1. The number of unbranched alkanes of at least 4 members (excludes halogenated alkanes) is 6. The van der Waals surface area contributed by atoms with Crippen LogP contribution in [-0.2, 0) is 0 Å². The van der Waals surface area contributed by atoms with Crippen molar-refractivity contribution in [3.05, 3.63) is 137 Å². The summed E-state index contributed by atoms with van der Waals surface area (Å²) in [6, 6.07) is 41.7. The van der Waals surface area contributed by atoms with Gasteiger partial charge in [0.1, 0.15) is 17.1 Å². The van der Waals surface area contributed by atoms with Crippen molar-refractivity contribution in [3.63, 3.8) is 0 Å². The lowest BCUT2D eigenvalue weighted by Gasteiger charge is -2.26. The molecule has 0 radical (unpaired) electrons. The minimum atomic E-state index is -0.319. The van der Waals surface area contributed by atoms with Crippen molar-refractivity contribution < 1.29 is 13.9 Å². The Balaban J connectivity index is 1.24. The summed E-state index contributed by atoms with van der Waals surface area (Å²) in [4.78, 5) is 14.6. The molecular formula is C46H49NO4. The van der Waals surface area contributed by atoms with Crippen LogP contribution < -0.4 is 20.0 Å². The fourth-order valence-corrected chi connectivity index (χ4v) is 6.32. The van der Waals surface area contributed by atoms with Gasteiger partial charge in [-0.2, -0.15) is 0 Å². The van der Waals surface area contributed by atoms with E-state index in [9.17, 15) is 4.79 Å². The number of benzene rings is 5. The summed E-state index contributed by atoms with van der Waals surface area (Å²) in [6.45, 7) is 7.73. The van der Waals surface area contributed by atoms with Gasteiger partial charge >= 0.3 is 5.63 Å². The van der Waals surface area contributed by atoms with Gasteiger partial charge in [-0.25, -0.2) is 4.79 Å². The van der Waals surface area contributed by atoms with E-state index in [1.165, 1.54) is 38.5 Å². The van der Waals surface area contributed by atoms with Gasteiger partial charge in [0, 0.05) is 34.1 Å². The molecule has 0 atom stereocenters. The van der Waals surface area contributed by atoms with E-state index in [1.54, 1.807) is 6.92 Å². The van der Waals surface area contributed by atoms with Crippen molar-refractivity contribution >= 4 is 28.0 Å². The van der Waals surface area contributed by atoms with Crippen LogP contribution >= 0.6 is 0 Å². The minimum Gasteiger partial charge on any atom is -0.494 e. The van der Waals surface area contributed by atoms with Crippen LogP contribution in [-0.4, -0.2) is 13.2 Å². The molecule has 1 aromatic heterocycles. The van der Waals surface area contributed by atoms with E-state index < -0.39 is 0 Å². The number of aryl methyl sites for hydroxylation is 1. The molecule has 0 unspecified atom stereocenters. The number of hydrogen-bond donors (Lipinski definition) is 0. The maximum atomic E-state index is 12.4. The SMILES string of the molecule is CCCCCCOc1ccc(-c2ccc(N(c3ccc(-c4ccc(OCCCCCC)cc4)cc3)c3ccc4cc(C)c(=O)oc4c3)cc2)cc1. The van der Waals surface area contributed by atoms with Crippen molar-refractivity contribution in [3.8, 4) is 33.8 Å². The first-order valence-corrected chi connectivity index (χ1v) is 18.5. The standard InChI is InChI=1S/C46H49NO4/c1-4-6-8-10-30-49-43-26-17-37(18-27-43)35-12-21-40(22-13-35)47(42-25-16-39-32-34(3)46(48)51-45(39)33-42)41-23-14-36(15-24-41)38-19-28-44(29-20-38)50-31-11-9-7-5-2/h12-29,32-33H,4-11,30-31H2,1-3H3. The molecule has 0 N–H and O–H groups in total. The van der Waals surface area contributed by atoms with Crippen LogP contribution in [0.4, 0.5) is 17.1 Å². The fraction of sp³-hybridized carbons (Fsp3) is 0.283. The van der Waals surface area contributed by atoms with Crippen LogP contribution in [0.15, 0.2) is 131 Å². The Morgan fingerprint density at radius 3 is 1.39 bits per heavy atom. The molecule has 5 nitrogen and oxygen atoms in total. The predicted octanol–water partition coefficient (Wildman–Crippen LogP) is 12.8. The Labute approximate surface area is 302 Å². The third kappa shape index (κ3) is 9.29. The number of anilines is 3. The van der Waals surface area contributed by atoms with Gasteiger partial charge in [-0.1, -0.05) is 101 Å². The molecule has 262 valence electrons. The number of nitrogens with zero attached hydrogens (tertiary/aromatic N) is 1. The van der Waals surface area contributed by atoms with Crippen molar-refractivity contribution in [1.82, 2.24) is 0 Å². The van der Waals surface area contributed by atoms with Crippen LogP contribution in [0, 0.1) is 6.92 Å². The summed E-state index contributed by atoms with van der Waals surface area (Å²) in [7, 11) is 0. The molecule has 0 saturated carbocycles. The molecule has 0 fully saturated rings. The number of rotatable bonds is 17. The van der Waals surface area contributed by atoms with Crippen LogP contribution in [0.25, 0.3) is 33.2 Å². The van der Waals surface area contributed by atoms with Gasteiger partial charge < -0.3 is 18.8 Å². The van der Waals surface area contributed by atoms with E-state index >= 15 is 0 Å². The van der Waals surface area contributed by atoms with Crippen molar-refractivity contribution in [2.75, 3.05) is 18.1 Å². The van der Waals surface area contributed by atoms with E-state index in [1.807, 2.05) is 18.2 Å². The van der Waals surface area contributed by atoms with Crippen LogP contribution in [0.3, 0.4) is 0 Å². The normalized spacial score (nSPS) is 11.1. The number of hydrogen-bond acceptors (Lipinski definition) is 5. The summed E-state index contributed by atoms with van der Waals surface area (Å²) in [5.74, 6) is 1.81. The van der Waals surface area contributed by atoms with Crippen molar-refractivity contribution in [1.29, 1.82) is 0 Å². The second-order valence-electron chi connectivity index (χ2n) is 13.2. The topological polar surface area (TPSA) is 51.9 Å². The Morgan fingerprint density at radius 1 is 0.510 bits per heavy atom. The molecule has 51 heavy (non-hydrogen) atoms. The van der Waals surface area contributed by atoms with Gasteiger partial charge in [0.05, 0.1) is 13.2 Å². The highest BCUT2D eigenvalue weighted by molar-refractivity contribution is 5.86. The van der Waals surface area contributed by atoms with E-state index in [0.717, 1.165) is 82.3 Å². The maximum absolute atomic E-state index is 12.4. The monoisotopic (exact) mass is 679 g/mol. The molecule has 5 heteroatoms. The molecule has 0 saturated heterocycles. The van der Waals surface area contributed by atoms with E-state index in [2.05, 4.69) is 122 Å². The molecule has 6 rings (SSSR count). The molecular weight excluding hydrogens is 631 g/mol. The second-order valence-corrected chi connectivity index (χ2v) is 13.2. The quantitative estimate of drug-likeness (QED) is 0.0709. The van der Waals surface area contributed by atoms with Gasteiger partial charge in [0.15, 0.2) is 0 Å². The van der Waals surface area contributed by atoms with E-state index in [0.29, 0.717) is 11.1 Å². The van der Waals surface area contributed by atoms with E-state index in [-0.39, 0.29) is 5.63 Å². The lowest BCUT2D eigenvalue weighted by Crippen LogP contribution is -2.10. The molecule has 5 aromatic carbocycles. The van der Waals surface area contributed by atoms with Crippen molar-refractivity contribution in [2.24, 2.45) is 0 Å². The van der Waals surface area contributed by atoms with Gasteiger partial charge in [0.25, 0.3) is 0 Å². The summed E-state index contributed by atoms with van der Waals surface area (Å²) < 4.78 is 17.6. The van der Waals surface area contributed by atoms with Gasteiger partial charge in [-0.15, -0.1) is 0 Å². The maximum Gasteiger partial charge on any atom is 0.339 e. The Hall–Kier alpha value is -5.29. The summed E-state index contributed by atoms with van der Waals surface area (Å²) in [5.41, 5.74) is 8.22. The molecule has 0 aliphatic rings. The average molecular weight is 680 g/mol. The predicted molar refractivity (Wildman–Crippen MR) is 212 cm³/mol. The minimum absolute atomic E-state index is 0.319. The van der Waals surface area contributed by atoms with Gasteiger partial charge in [0.2, 0.25) is 0 Å². The summed E-state index contributed by atoms with van der Waals surface area (Å²) in [6.07, 6.45) is 9.54. The smallest absolute Gasteiger partial charge is 0.339 e. The molecule has 0 aliphatic heterocycles. The zero-order chi connectivity index (χ0) is 35.4. The molecule has 0 amide bonds. The zero-order valence-corrected chi connectivity index (χ0v) is 30.2. The highest BCUT2D eigenvalue weighted by Gasteiger charge is 2.15. The van der Waals surface area contributed by atoms with Crippen LogP contribution in [0.2, 0.25) is 0 Å². The van der Waals surface area contributed by atoms with Crippen LogP contribution in [0.5, 0.6) is 11.5 Å². The third-order valence-electron chi connectivity index (χ3n) is 9.31. The lowest BCUT2D eigenvalue weighted by molar-refractivity contribution is 0.305. The van der Waals surface area contributed by atoms with Crippen molar-refractivity contribution in [2.45, 2.75) is 72.1 Å². The Morgan fingerprint density at radius 2 is 0.941 bits per heavy atom. The Kier molecular flexibility index (Phi) is 12.2. The zero-order valence-electron chi connectivity index (χ0n) is 30.2. The second kappa shape index (κ2) is 17.6. The molecule has 6 aromatic rings. The molecule has 1 heterocycles. The number of ether oxygens (including phenoxy) is 2. The molecule has 0 aliphatic carbocycles. The van der Waals surface area contributed by atoms with Crippen LogP contribution in [0.1, 0.15) is 70.8 Å². The van der Waals surface area contributed by atoms with Gasteiger partial charge in [-0.3, -0.25) is 0 Å². The first-order chi connectivity index (χ1) is 25.0. The highest BCUT2D eigenvalue weighted by Crippen LogP contribution is 2.38. The molecule has 0 spiro atoms. The highest BCUT2D eigenvalue weighted by atomic mass is 16.5. The first-order valence-electron chi connectivity index (χ1n) is 18.5. The summed E-state index contributed by atoms with van der Waals surface area (Å²) >= 11 is 0. The fourth-order valence-electron chi connectivity index (χ4n) is 6.32. The largest absolute Gasteiger partial charge is 0.494 e. The van der Waals surface area contributed by atoms with Gasteiger partial charge in [-0.05, 0) is 109 Å². The Bertz CT molecular complexity index is 1930. The average Bonchev–Trinajstić information content (AvgIpc) is 3.16. The van der Waals surface area contributed by atoms with E-state index in [4.69, 9.17) is 13.9 Å². The third-order valence-corrected chi connectivity index (χ3v) is 9.31.